The molecule has 0 aromatic heterocycles. The monoisotopic (exact) mass is 470 g/mol. The SMILES string of the molecule is CC(C(=O)Nc1ccc(Cl)cc1C(=O)N1CCCC1)N1C(=O)c2cccc([N+](=O)[O-])c2C1=O. The number of nitrogens with one attached hydrogen (secondary N) is 1. The molecule has 10 nitrogen and oxygen atoms in total. The number of halogens is 1. The molecule has 2 aliphatic rings. The van der Waals surface area contributed by atoms with E-state index in [-0.39, 0.29) is 28.3 Å². The number of benzene rings is 2. The van der Waals surface area contributed by atoms with Crippen LogP contribution in [0.4, 0.5) is 11.4 Å². The summed E-state index contributed by atoms with van der Waals surface area (Å²) in [5, 5.41) is 14.2. The predicted molar refractivity (Wildman–Crippen MR) is 118 cm³/mol. The molecule has 2 aliphatic heterocycles. The number of hydrogen-bond donors (Lipinski definition) is 1. The molecule has 2 aromatic carbocycles. The van der Waals surface area contributed by atoms with E-state index in [1.165, 1.54) is 37.3 Å². The quantitative estimate of drug-likeness (QED) is 0.406. The number of hydrogen-bond acceptors (Lipinski definition) is 6. The van der Waals surface area contributed by atoms with Crippen LogP contribution >= 0.6 is 11.6 Å². The lowest BCUT2D eigenvalue weighted by atomic mass is 10.1. The van der Waals surface area contributed by atoms with Crippen LogP contribution in [0.2, 0.25) is 5.02 Å². The van der Waals surface area contributed by atoms with E-state index in [1.54, 1.807) is 4.90 Å². The van der Waals surface area contributed by atoms with E-state index < -0.39 is 34.4 Å². The van der Waals surface area contributed by atoms with Gasteiger partial charge in [0, 0.05) is 24.2 Å². The Bertz CT molecular complexity index is 1210. The lowest BCUT2D eigenvalue weighted by Crippen LogP contribution is -2.45. The largest absolute Gasteiger partial charge is 0.339 e. The molecule has 0 bridgehead atoms. The van der Waals surface area contributed by atoms with Crippen LogP contribution in [0.3, 0.4) is 0 Å². The van der Waals surface area contributed by atoms with Crippen molar-refractivity contribution in [3.63, 3.8) is 0 Å². The van der Waals surface area contributed by atoms with Gasteiger partial charge in [-0.3, -0.25) is 34.2 Å². The second-order valence-electron chi connectivity index (χ2n) is 7.79. The van der Waals surface area contributed by atoms with Crippen molar-refractivity contribution in [1.29, 1.82) is 0 Å². The van der Waals surface area contributed by atoms with E-state index >= 15 is 0 Å². The molecule has 4 rings (SSSR count). The van der Waals surface area contributed by atoms with Crippen molar-refractivity contribution in [2.24, 2.45) is 0 Å². The van der Waals surface area contributed by atoms with E-state index in [9.17, 15) is 29.3 Å². The van der Waals surface area contributed by atoms with Crippen molar-refractivity contribution in [2.75, 3.05) is 18.4 Å². The van der Waals surface area contributed by atoms with Crippen molar-refractivity contribution in [3.05, 3.63) is 68.2 Å². The van der Waals surface area contributed by atoms with Gasteiger partial charge in [0.2, 0.25) is 5.91 Å². The maximum absolute atomic E-state index is 13.0. The van der Waals surface area contributed by atoms with Crippen LogP contribution < -0.4 is 5.32 Å². The highest BCUT2D eigenvalue weighted by atomic mass is 35.5. The summed E-state index contributed by atoms with van der Waals surface area (Å²) in [5.74, 6) is -2.74. The van der Waals surface area contributed by atoms with E-state index in [0.717, 1.165) is 18.9 Å². The van der Waals surface area contributed by atoms with Crippen LogP contribution in [0, 0.1) is 10.1 Å². The normalized spacial score (nSPS) is 16.1. The first-order chi connectivity index (χ1) is 15.7. The lowest BCUT2D eigenvalue weighted by molar-refractivity contribution is -0.385. The molecule has 1 unspecified atom stereocenters. The summed E-state index contributed by atoms with van der Waals surface area (Å²) in [6, 6.07) is 6.88. The third-order valence-electron chi connectivity index (χ3n) is 5.75. The minimum absolute atomic E-state index is 0.134. The molecule has 170 valence electrons. The summed E-state index contributed by atoms with van der Waals surface area (Å²) < 4.78 is 0. The highest BCUT2D eigenvalue weighted by molar-refractivity contribution is 6.31. The zero-order valence-electron chi connectivity index (χ0n) is 17.5. The van der Waals surface area contributed by atoms with Gasteiger partial charge in [-0.05, 0) is 44.0 Å². The summed E-state index contributed by atoms with van der Waals surface area (Å²) in [5.41, 5.74) is -0.593. The summed E-state index contributed by atoms with van der Waals surface area (Å²) in [4.78, 5) is 64.5. The molecule has 0 spiro atoms. The number of carbonyl (C=O) groups excluding carboxylic acids is 4. The number of imide groups is 1. The topological polar surface area (TPSA) is 130 Å². The first kappa shape index (κ1) is 22.4. The fourth-order valence-corrected chi connectivity index (χ4v) is 4.21. The molecule has 0 saturated carbocycles. The van der Waals surface area contributed by atoms with Crippen LogP contribution in [0.25, 0.3) is 0 Å². The van der Waals surface area contributed by atoms with Gasteiger partial charge in [0.05, 0.1) is 21.7 Å². The van der Waals surface area contributed by atoms with Gasteiger partial charge in [0.25, 0.3) is 23.4 Å². The number of fused-ring (bicyclic) bond motifs is 1. The number of amides is 4. The first-order valence-electron chi connectivity index (χ1n) is 10.3. The van der Waals surface area contributed by atoms with E-state index in [0.29, 0.717) is 23.0 Å². The van der Waals surface area contributed by atoms with Crippen LogP contribution in [0.1, 0.15) is 50.8 Å². The summed E-state index contributed by atoms with van der Waals surface area (Å²) >= 11 is 6.06. The lowest BCUT2D eigenvalue weighted by Gasteiger charge is -2.23. The number of anilines is 1. The summed E-state index contributed by atoms with van der Waals surface area (Å²) in [6.45, 7) is 2.53. The molecule has 1 saturated heterocycles. The Balaban J connectivity index is 1.60. The Morgan fingerprint density at radius 2 is 1.82 bits per heavy atom. The number of nitrogens with zero attached hydrogens (tertiary/aromatic N) is 3. The molecule has 1 N–H and O–H groups in total. The first-order valence-corrected chi connectivity index (χ1v) is 10.6. The molecular formula is C22H19ClN4O6. The van der Waals surface area contributed by atoms with Gasteiger partial charge in [-0.25, -0.2) is 0 Å². The predicted octanol–water partition coefficient (Wildman–Crippen LogP) is 3.11. The van der Waals surface area contributed by atoms with Gasteiger partial charge in [0.1, 0.15) is 11.6 Å². The second kappa shape index (κ2) is 8.62. The summed E-state index contributed by atoms with van der Waals surface area (Å²) in [7, 11) is 0. The minimum Gasteiger partial charge on any atom is -0.339 e. The van der Waals surface area contributed by atoms with Crippen LogP contribution in [0.5, 0.6) is 0 Å². The molecule has 1 fully saturated rings. The third kappa shape index (κ3) is 3.93. The average molecular weight is 471 g/mol. The second-order valence-corrected chi connectivity index (χ2v) is 8.23. The molecule has 4 amide bonds. The van der Waals surface area contributed by atoms with Gasteiger partial charge in [0.15, 0.2) is 0 Å². The van der Waals surface area contributed by atoms with Crippen molar-refractivity contribution < 1.29 is 24.1 Å². The number of likely N-dealkylation sites (tertiary alicyclic amines) is 1. The molecule has 2 aromatic rings. The Hall–Kier alpha value is -3.79. The third-order valence-corrected chi connectivity index (χ3v) is 5.99. The highest BCUT2D eigenvalue weighted by Gasteiger charge is 2.45. The number of nitro groups is 1. The standard InChI is InChI=1S/C22H19ClN4O6/c1-12(26-21(30)14-5-4-6-17(27(32)33)18(14)22(26)31)19(28)24-16-8-7-13(23)11-15(16)20(29)25-9-2-3-10-25/h4-8,11-12H,2-3,9-10H2,1H3,(H,24,28). The van der Waals surface area contributed by atoms with Gasteiger partial charge >= 0.3 is 0 Å². The van der Waals surface area contributed by atoms with Crippen molar-refractivity contribution in [3.8, 4) is 0 Å². The van der Waals surface area contributed by atoms with E-state index in [1.807, 2.05) is 0 Å². The van der Waals surface area contributed by atoms with Crippen molar-refractivity contribution in [2.45, 2.75) is 25.8 Å². The van der Waals surface area contributed by atoms with Crippen LogP contribution in [-0.4, -0.2) is 57.5 Å². The van der Waals surface area contributed by atoms with Gasteiger partial charge in [-0.2, -0.15) is 0 Å². The van der Waals surface area contributed by atoms with E-state index in [2.05, 4.69) is 5.32 Å². The van der Waals surface area contributed by atoms with Crippen LogP contribution in [-0.2, 0) is 4.79 Å². The van der Waals surface area contributed by atoms with Gasteiger partial charge in [-0.15, -0.1) is 0 Å². The van der Waals surface area contributed by atoms with Gasteiger partial charge in [-0.1, -0.05) is 17.7 Å². The molecule has 0 aliphatic carbocycles. The minimum atomic E-state index is -1.29. The zero-order chi connectivity index (χ0) is 23.9. The Morgan fingerprint density at radius 3 is 2.48 bits per heavy atom. The Morgan fingerprint density at radius 1 is 1.12 bits per heavy atom. The smallest absolute Gasteiger partial charge is 0.282 e. The molecule has 2 heterocycles. The molecule has 33 heavy (non-hydrogen) atoms. The number of carbonyl (C=O) groups is 4. The van der Waals surface area contributed by atoms with Crippen molar-refractivity contribution in [1.82, 2.24) is 9.80 Å². The highest BCUT2D eigenvalue weighted by Crippen LogP contribution is 2.32. The Kier molecular flexibility index (Phi) is 5.86. The molecule has 0 radical (unpaired) electrons. The molecule has 11 heteroatoms. The molecule has 1 atom stereocenters. The number of nitro benzene ring substituents is 1. The Labute approximate surface area is 193 Å². The fraction of sp³-hybridized carbons (Fsp3) is 0.273. The maximum atomic E-state index is 13.0. The fourth-order valence-electron chi connectivity index (χ4n) is 4.04. The maximum Gasteiger partial charge on any atom is 0.282 e. The molecular weight excluding hydrogens is 452 g/mol. The zero-order valence-corrected chi connectivity index (χ0v) is 18.3. The van der Waals surface area contributed by atoms with Gasteiger partial charge < -0.3 is 10.2 Å². The average Bonchev–Trinajstić information content (AvgIpc) is 3.41. The number of rotatable bonds is 5. The van der Waals surface area contributed by atoms with Crippen molar-refractivity contribution >= 4 is 46.6 Å². The summed E-state index contributed by atoms with van der Waals surface area (Å²) in [6.07, 6.45) is 1.77. The van der Waals surface area contributed by atoms with Crippen LogP contribution in [0.15, 0.2) is 36.4 Å². The van der Waals surface area contributed by atoms with E-state index in [4.69, 9.17) is 11.6 Å².